The number of furan rings is 1. The highest BCUT2D eigenvalue weighted by atomic mass is 79.9. The molecule has 124 valence electrons. The highest BCUT2D eigenvalue weighted by Crippen LogP contribution is 2.27. The Morgan fingerprint density at radius 2 is 2.04 bits per heavy atom. The average Bonchev–Trinajstić information content (AvgIpc) is 2.97. The van der Waals surface area contributed by atoms with Gasteiger partial charge in [-0.1, -0.05) is 12.1 Å². The summed E-state index contributed by atoms with van der Waals surface area (Å²) in [4.78, 5) is 18.8. The second-order valence-electron chi connectivity index (χ2n) is 5.79. The summed E-state index contributed by atoms with van der Waals surface area (Å²) < 4.78 is 6.59. The Kier molecular flexibility index (Phi) is 4.71. The van der Waals surface area contributed by atoms with E-state index >= 15 is 0 Å². The van der Waals surface area contributed by atoms with Crippen molar-refractivity contribution in [2.24, 2.45) is 0 Å². The number of benzene rings is 1. The Morgan fingerprint density at radius 1 is 1.25 bits per heavy atom. The number of rotatable bonds is 4. The van der Waals surface area contributed by atoms with Crippen LogP contribution in [0.1, 0.15) is 23.6 Å². The summed E-state index contributed by atoms with van der Waals surface area (Å²) in [6.45, 7) is 6.61. The van der Waals surface area contributed by atoms with Gasteiger partial charge in [-0.3, -0.25) is 9.69 Å². The summed E-state index contributed by atoms with van der Waals surface area (Å²) >= 11 is 3.36. The summed E-state index contributed by atoms with van der Waals surface area (Å²) in [6.07, 6.45) is 3.68. The molecule has 0 aliphatic carbocycles. The zero-order valence-electron chi connectivity index (χ0n) is 14.0. The van der Waals surface area contributed by atoms with E-state index in [1.807, 2.05) is 32.0 Å². The lowest BCUT2D eigenvalue weighted by molar-refractivity contribution is -0.118. The summed E-state index contributed by atoms with van der Waals surface area (Å²) in [5.41, 5.74) is 4.08. The minimum absolute atomic E-state index is 0.00764. The molecule has 0 aliphatic heterocycles. The number of aromatic nitrogens is 1. The molecular weight excluding hydrogens is 368 g/mol. The highest BCUT2D eigenvalue weighted by molar-refractivity contribution is 9.10. The van der Waals surface area contributed by atoms with Gasteiger partial charge in [0.1, 0.15) is 11.4 Å². The van der Waals surface area contributed by atoms with Crippen molar-refractivity contribution in [2.45, 2.75) is 27.2 Å². The average molecular weight is 387 g/mol. The van der Waals surface area contributed by atoms with Gasteiger partial charge in [-0.05, 0) is 60.0 Å². The molecule has 24 heavy (non-hydrogen) atoms. The first kappa shape index (κ1) is 16.7. The largest absolute Gasteiger partial charge is 0.464 e. The van der Waals surface area contributed by atoms with Crippen LogP contribution in [0.3, 0.4) is 0 Å². The maximum Gasteiger partial charge on any atom is 0.232 e. The first-order chi connectivity index (χ1) is 11.5. The van der Waals surface area contributed by atoms with Crippen LogP contribution >= 0.6 is 15.9 Å². The molecule has 0 saturated carbocycles. The Bertz CT molecular complexity index is 884. The number of hydrogen-bond donors (Lipinski definition) is 0. The molecule has 2 heterocycles. The number of likely N-dealkylation sites (N-methyl/N-ethyl adjacent to an activating group) is 1. The third-order valence-corrected chi connectivity index (χ3v) is 4.76. The van der Waals surface area contributed by atoms with E-state index in [-0.39, 0.29) is 5.91 Å². The van der Waals surface area contributed by atoms with Gasteiger partial charge in [0.05, 0.1) is 12.7 Å². The second kappa shape index (κ2) is 6.77. The van der Waals surface area contributed by atoms with E-state index in [9.17, 15) is 4.79 Å². The summed E-state index contributed by atoms with van der Waals surface area (Å²) in [7, 11) is 0. The Morgan fingerprint density at radius 3 is 2.71 bits per heavy atom. The molecule has 3 rings (SSSR count). The zero-order chi connectivity index (χ0) is 17.3. The van der Waals surface area contributed by atoms with Crippen molar-refractivity contribution < 1.29 is 9.21 Å². The number of amides is 1. The van der Waals surface area contributed by atoms with Gasteiger partial charge < -0.3 is 4.42 Å². The van der Waals surface area contributed by atoms with Gasteiger partial charge in [0.2, 0.25) is 5.91 Å². The predicted octanol–water partition coefficient (Wildman–Crippen LogP) is 4.80. The lowest BCUT2D eigenvalue weighted by Gasteiger charge is -2.19. The maximum absolute atomic E-state index is 12.8. The zero-order valence-corrected chi connectivity index (χ0v) is 15.6. The fraction of sp³-hybridized carbons (Fsp3) is 0.263. The number of hydrogen-bond acceptors (Lipinski definition) is 3. The number of halogens is 1. The minimum Gasteiger partial charge on any atom is -0.464 e. The molecule has 0 N–H and O–H groups in total. The van der Waals surface area contributed by atoms with Gasteiger partial charge >= 0.3 is 0 Å². The molecule has 0 radical (unpaired) electrons. The van der Waals surface area contributed by atoms with Crippen LogP contribution in [-0.4, -0.2) is 17.4 Å². The van der Waals surface area contributed by atoms with Crippen molar-refractivity contribution in [3.63, 3.8) is 0 Å². The first-order valence-electron chi connectivity index (χ1n) is 7.89. The lowest BCUT2D eigenvalue weighted by atomic mass is 10.0. The summed E-state index contributed by atoms with van der Waals surface area (Å²) in [6, 6.07) is 7.82. The summed E-state index contributed by atoms with van der Waals surface area (Å²) in [5, 5.41) is 1.01. The smallest absolute Gasteiger partial charge is 0.232 e. The molecule has 5 heteroatoms. The quantitative estimate of drug-likeness (QED) is 0.646. The Hall–Kier alpha value is -2.14. The predicted molar refractivity (Wildman–Crippen MR) is 99.4 cm³/mol. The van der Waals surface area contributed by atoms with E-state index < -0.39 is 0 Å². The highest BCUT2D eigenvalue weighted by Gasteiger charge is 2.18. The summed E-state index contributed by atoms with van der Waals surface area (Å²) in [5.74, 6) is 0.666. The van der Waals surface area contributed by atoms with Crippen LogP contribution in [-0.2, 0) is 11.2 Å². The molecule has 0 atom stereocenters. The van der Waals surface area contributed by atoms with Crippen LogP contribution in [0.4, 0.5) is 5.82 Å². The molecule has 1 aromatic carbocycles. The minimum atomic E-state index is 0.00764. The van der Waals surface area contributed by atoms with Gasteiger partial charge in [0.25, 0.3) is 0 Å². The van der Waals surface area contributed by atoms with Crippen molar-refractivity contribution in [1.29, 1.82) is 0 Å². The molecule has 0 fully saturated rings. The van der Waals surface area contributed by atoms with Gasteiger partial charge in [-0.25, -0.2) is 4.98 Å². The molecule has 1 amide bonds. The fourth-order valence-electron chi connectivity index (χ4n) is 2.78. The third kappa shape index (κ3) is 3.08. The van der Waals surface area contributed by atoms with Crippen LogP contribution in [0.2, 0.25) is 0 Å². The van der Waals surface area contributed by atoms with Crippen LogP contribution in [0.15, 0.2) is 45.6 Å². The van der Waals surface area contributed by atoms with Crippen LogP contribution < -0.4 is 4.90 Å². The van der Waals surface area contributed by atoms with Gasteiger partial charge in [-0.15, -0.1) is 0 Å². The molecule has 2 aromatic heterocycles. The number of carbonyl (C=O) groups excluding carboxylic acids is 1. The number of carbonyl (C=O) groups is 1. The van der Waals surface area contributed by atoms with E-state index in [2.05, 4.69) is 33.9 Å². The number of fused-ring (bicyclic) bond motifs is 1. The van der Waals surface area contributed by atoms with Crippen molar-refractivity contribution in [3.8, 4) is 0 Å². The fourth-order valence-corrected chi connectivity index (χ4v) is 3.01. The van der Waals surface area contributed by atoms with Crippen molar-refractivity contribution >= 4 is 38.6 Å². The van der Waals surface area contributed by atoms with Crippen LogP contribution in [0.5, 0.6) is 0 Å². The molecule has 4 nitrogen and oxygen atoms in total. The normalized spacial score (nSPS) is 11.0. The molecular formula is C19H19BrN2O2. The van der Waals surface area contributed by atoms with E-state index in [1.54, 1.807) is 17.4 Å². The van der Waals surface area contributed by atoms with Gasteiger partial charge in [0, 0.05) is 28.2 Å². The third-order valence-electron chi connectivity index (χ3n) is 4.29. The standard InChI is InChI=1S/C19H19BrN2O2/c1-4-22(17-8-6-15(20)10-21-17)18(23)9-14-11-24-19-13(3)12(2)5-7-16(14)19/h5-8,10-11H,4,9H2,1-3H3. The molecule has 0 saturated heterocycles. The van der Waals surface area contributed by atoms with E-state index in [0.717, 1.165) is 26.6 Å². The Balaban J connectivity index is 1.88. The first-order valence-corrected chi connectivity index (χ1v) is 8.68. The van der Waals surface area contributed by atoms with E-state index in [1.165, 1.54) is 5.56 Å². The number of aryl methyl sites for hydroxylation is 2. The molecule has 0 unspecified atom stereocenters. The van der Waals surface area contributed by atoms with Crippen LogP contribution in [0.25, 0.3) is 11.0 Å². The number of pyridine rings is 1. The van der Waals surface area contributed by atoms with Crippen LogP contribution in [0, 0.1) is 13.8 Å². The van der Waals surface area contributed by atoms with Gasteiger partial charge in [0.15, 0.2) is 0 Å². The molecule has 3 aromatic rings. The second-order valence-corrected chi connectivity index (χ2v) is 6.71. The van der Waals surface area contributed by atoms with Crippen molar-refractivity contribution in [3.05, 3.63) is 57.9 Å². The molecule has 0 spiro atoms. The van der Waals surface area contributed by atoms with E-state index in [4.69, 9.17) is 4.42 Å². The van der Waals surface area contributed by atoms with E-state index in [0.29, 0.717) is 18.8 Å². The van der Waals surface area contributed by atoms with Gasteiger partial charge in [-0.2, -0.15) is 0 Å². The SMILES string of the molecule is CCN(C(=O)Cc1coc2c(C)c(C)ccc12)c1ccc(Br)cn1. The van der Waals surface area contributed by atoms with Crippen molar-refractivity contribution in [1.82, 2.24) is 4.98 Å². The van der Waals surface area contributed by atoms with Crippen molar-refractivity contribution in [2.75, 3.05) is 11.4 Å². The number of nitrogens with zero attached hydrogens (tertiary/aromatic N) is 2. The topological polar surface area (TPSA) is 46.3 Å². The Labute approximate surface area is 149 Å². The number of anilines is 1. The molecule has 0 bridgehead atoms. The molecule has 0 aliphatic rings. The monoisotopic (exact) mass is 386 g/mol. The lowest BCUT2D eigenvalue weighted by Crippen LogP contribution is -2.32. The maximum atomic E-state index is 12.8.